The first kappa shape index (κ1) is 20.7. The number of halogens is 2. The van der Waals surface area contributed by atoms with Crippen LogP contribution in [0.5, 0.6) is 0 Å². The zero-order chi connectivity index (χ0) is 17.0. The molecular formula is C17H24Cl2N2O3. The lowest BCUT2D eigenvalue weighted by Crippen LogP contribution is -2.64. The van der Waals surface area contributed by atoms with Crippen molar-refractivity contribution in [3.8, 4) is 0 Å². The molecular weight excluding hydrogens is 351 g/mol. The third kappa shape index (κ3) is 5.10. The molecule has 2 atom stereocenters. The maximum atomic E-state index is 12.8. The van der Waals surface area contributed by atoms with Gasteiger partial charge in [0.2, 0.25) is 5.91 Å². The standard InChI is InChI=1S/C17H23ClN2O3.ClH/c1-12(15(21)22)6-9-20(16(23)17(2)7-8-19-17)11-13-4-3-5-14(18)10-13;/h3-5,10,12,19H,6-9,11H2,1-2H3,(H,21,22);1H/t12?,17-;/m1./s1. The minimum Gasteiger partial charge on any atom is -0.481 e. The van der Waals surface area contributed by atoms with Crippen molar-refractivity contribution in [1.29, 1.82) is 0 Å². The lowest BCUT2D eigenvalue weighted by atomic mass is 9.88. The summed E-state index contributed by atoms with van der Waals surface area (Å²) in [6.07, 6.45) is 1.23. The number of nitrogens with zero attached hydrogens (tertiary/aromatic N) is 1. The van der Waals surface area contributed by atoms with Gasteiger partial charge in [-0.3, -0.25) is 9.59 Å². The van der Waals surface area contributed by atoms with Crippen LogP contribution in [-0.4, -0.2) is 40.5 Å². The van der Waals surface area contributed by atoms with Crippen molar-refractivity contribution in [1.82, 2.24) is 10.2 Å². The molecule has 1 fully saturated rings. The maximum absolute atomic E-state index is 12.8. The molecule has 134 valence electrons. The molecule has 24 heavy (non-hydrogen) atoms. The molecule has 0 spiro atoms. The monoisotopic (exact) mass is 374 g/mol. The predicted octanol–water partition coefficient (Wildman–Crippen LogP) is 2.95. The van der Waals surface area contributed by atoms with Gasteiger partial charge in [0.25, 0.3) is 0 Å². The van der Waals surface area contributed by atoms with E-state index in [0.717, 1.165) is 18.5 Å². The van der Waals surface area contributed by atoms with E-state index in [1.165, 1.54) is 0 Å². The molecule has 1 aliphatic heterocycles. The Morgan fingerprint density at radius 3 is 2.62 bits per heavy atom. The molecule has 0 radical (unpaired) electrons. The molecule has 0 aromatic heterocycles. The Morgan fingerprint density at radius 2 is 2.12 bits per heavy atom. The molecule has 1 amide bonds. The van der Waals surface area contributed by atoms with Crippen molar-refractivity contribution in [2.75, 3.05) is 13.1 Å². The number of amides is 1. The molecule has 1 saturated heterocycles. The summed E-state index contributed by atoms with van der Waals surface area (Å²) in [4.78, 5) is 25.6. The van der Waals surface area contributed by atoms with Gasteiger partial charge in [-0.1, -0.05) is 30.7 Å². The number of aliphatic carboxylic acids is 1. The first-order valence-electron chi connectivity index (χ1n) is 7.83. The van der Waals surface area contributed by atoms with Crippen LogP contribution in [0.15, 0.2) is 24.3 Å². The van der Waals surface area contributed by atoms with E-state index in [4.69, 9.17) is 16.7 Å². The lowest BCUT2D eigenvalue weighted by molar-refractivity contribution is -0.144. The number of rotatable bonds is 7. The molecule has 1 aromatic rings. The number of nitrogens with one attached hydrogen (secondary N) is 1. The van der Waals surface area contributed by atoms with Crippen molar-refractivity contribution in [2.45, 2.75) is 38.8 Å². The highest BCUT2D eigenvalue weighted by Gasteiger charge is 2.41. The molecule has 1 heterocycles. The normalized spacial score (nSPS) is 20.5. The molecule has 0 aliphatic carbocycles. The average molecular weight is 375 g/mol. The van der Waals surface area contributed by atoms with Crippen LogP contribution < -0.4 is 5.32 Å². The summed E-state index contributed by atoms with van der Waals surface area (Å²) in [5, 5.41) is 12.8. The van der Waals surface area contributed by atoms with Crippen LogP contribution in [0.1, 0.15) is 32.3 Å². The Hall–Kier alpha value is -1.30. The van der Waals surface area contributed by atoms with Crippen molar-refractivity contribution in [3.05, 3.63) is 34.9 Å². The smallest absolute Gasteiger partial charge is 0.306 e. The van der Waals surface area contributed by atoms with Gasteiger partial charge in [0, 0.05) is 18.1 Å². The fourth-order valence-electron chi connectivity index (χ4n) is 2.61. The fourth-order valence-corrected chi connectivity index (χ4v) is 2.83. The SMILES string of the molecule is CC(CCN(Cc1cccc(Cl)c1)C(=O)[C@@]1(C)CCN1)C(=O)O.Cl. The average Bonchev–Trinajstić information content (AvgIpc) is 2.47. The molecule has 1 aliphatic rings. The van der Waals surface area contributed by atoms with Crippen molar-refractivity contribution >= 4 is 35.9 Å². The van der Waals surface area contributed by atoms with Crippen LogP contribution in [-0.2, 0) is 16.1 Å². The second-order valence-corrected chi connectivity index (χ2v) is 6.83. The van der Waals surface area contributed by atoms with Gasteiger partial charge in [0.15, 0.2) is 0 Å². The van der Waals surface area contributed by atoms with E-state index in [0.29, 0.717) is 24.5 Å². The van der Waals surface area contributed by atoms with E-state index >= 15 is 0 Å². The van der Waals surface area contributed by atoms with Crippen LogP contribution in [0.2, 0.25) is 5.02 Å². The maximum Gasteiger partial charge on any atom is 0.306 e. The molecule has 1 unspecified atom stereocenters. The van der Waals surface area contributed by atoms with Crippen molar-refractivity contribution in [2.24, 2.45) is 5.92 Å². The highest BCUT2D eigenvalue weighted by atomic mass is 35.5. The number of hydrogen-bond acceptors (Lipinski definition) is 3. The second kappa shape index (κ2) is 8.70. The van der Waals surface area contributed by atoms with Gasteiger partial charge in [0.05, 0.1) is 11.5 Å². The number of benzene rings is 1. The minimum atomic E-state index is -0.840. The molecule has 0 bridgehead atoms. The fraction of sp³-hybridized carbons (Fsp3) is 0.529. The molecule has 0 saturated carbocycles. The highest BCUT2D eigenvalue weighted by Crippen LogP contribution is 2.23. The van der Waals surface area contributed by atoms with E-state index in [9.17, 15) is 9.59 Å². The van der Waals surface area contributed by atoms with Gasteiger partial charge >= 0.3 is 5.97 Å². The zero-order valence-electron chi connectivity index (χ0n) is 13.9. The minimum absolute atomic E-state index is 0. The van der Waals surface area contributed by atoms with Crippen LogP contribution in [0.4, 0.5) is 0 Å². The number of carbonyl (C=O) groups excluding carboxylic acids is 1. The predicted molar refractivity (Wildman–Crippen MR) is 96.6 cm³/mol. The summed E-state index contributed by atoms with van der Waals surface area (Å²) in [5.74, 6) is -1.30. The highest BCUT2D eigenvalue weighted by molar-refractivity contribution is 6.30. The number of carboxylic acid groups (broad SMARTS) is 1. The summed E-state index contributed by atoms with van der Waals surface area (Å²) in [6, 6.07) is 7.39. The van der Waals surface area contributed by atoms with Crippen LogP contribution in [0, 0.1) is 5.92 Å². The lowest BCUT2D eigenvalue weighted by Gasteiger charge is -2.42. The van der Waals surface area contributed by atoms with Gasteiger partial charge in [-0.2, -0.15) is 0 Å². The first-order valence-corrected chi connectivity index (χ1v) is 8.21. The summed E-state index contributed by atoms with van der Waals surface area (Å²) in [6.45, 7) is 5.23. The van der Waals surface area contributed by atoms with E-state index in [1.54, 1.807) is 17.9 Å². The number of carboxylic acids is 1. The molecule has 1 aromatic carbocycles. The molecule has 2 N–H and O–H groups in total. The van der Waals surface area contributed by atoms with Crippen LogP contribution in [0.25, 0.3) is 0 Å². The Kier molecular flexibility index (Phi) is 7.52. The Bertz CT molecular complexity index is 591. The first-order chi connectivity index (χ1) is 10.8. The van der Waals surface area contributed by atoms with Gasteiger partial charge in [0.1, 0.15) is 0 Å². The van der Waals surface area contributed by atoms with Gasteiger partial charge in [-0.05, 0) is 44.0 Å². The summed E-state index contributed by atoms with van der Waals surface area (Å²) in [7, 11) is 0. The Morgan fingerprint density at radius 1 is 1.46 bits per heavy atom. The topological polar surface area (TPSA) is 69.6 Å². The van der Waals surface area contributed by atoms with Crippen LogP contribution in [0.3, 0.4) is 0 Å². The number of hydrogen-bond donors (Lipinski definition) is 2. The van der Waals surface area contributed by atoms with Gasteiger partial charge in [-0.25, -0.2) is 0 Å². The van der Waals surface area contributed by atoms with E-state index in [-0.39, 0.29) is 18.3 Å². The van der Waals surface area contributed by atoms with Gasteiger partial charge in [-0.15, -0.1) is 12.4 Å². The summed E-state index contributed by atoms with van der Waals surface area (Å²) in [5.41, 5.74) is 0.405. The van der Waals surface area contributed by atoms with Gasteiger partial charge < -0.3 is 15.3 Å². The Balaban J connectivity index is 0.00000288. The third-order valence-electron chi connectivity index (χ3n) is 4.42. The number of carbonyl (C=O) groups is 2. The van der Waals surface area contributed by atoms with Crippen molar-refractivity contribution < 1.29 is 14.7 Å². The molecule has 5 nitrogen and oxygen atoms in total. The quantitative estimate of drug-likeness (QED) is 0.769. The third-order valence-corrected chi connectivity index (χ3v) is 4.65. The zero-order valence-corrected chi connectivity index (χ0v) is 15.5. The van der Waals surface area contributed by atoms with E-state index in [2.05, 4.69) is 5.32 Å². The second-order valence-electron chi connectivity index (χ2n) is 6.39. The van der Waals surface area contributed by atoms with Crippen molar-refractivity contribution in [3.63, 3.8) is 0 Å². The Labute approximate surface area is 153 Å². The van der Waals surface area contributed by atoms with E-state index in [1.807, 2.05) is 25.1 Å². The summed E-state index contributed by atoms with van der Waals surface area (Å²) < 4.78 is 0. The van der Waals surface area contributed by atoms with Crippen LogP contribution >= 0.6 is 24.0 Å². The molecule has 2 rings (SSSR count). The molecule has 7 heteroatoms. The summed E-state index contributed by atoms with van der Waals surface area (Å²) >= 11 is 6.01. The van der Waals surface area contributed by atoms with E-state index < -0.39 is 17.4 Å². The largest absolute Gasteiger partial charge is 0.481 e.